The van der Waals surface area contributed by atoms with Crippen molar-refractivity contribution in [2.75, 3.05) is 12.5 Å². The minimum Gasteiger partial charge on any atom is -0.454 e. The molecule has 9 heteroatoms. The maximum Gasteiger partial charge on any atom is 0.573 e. The Labute approximate surface area is 157 Å². The van der Waals surface area contributed by atoms with Crippen molar-refractivity contribution in [1.29, 1.82) is 0 Å². The Morgan fingerprint density at radius 1 is 1.15 bits per heavy atom. The van der Waals surface area contributed by atoms with E-state index in [1.807, 2.05) is 12.1 Å². The van der Waals surface area contributed by atoms with Gasteiger partial charge < -0.3 is 19.1 Å². The van der Waals surface area contributed by atoms with E-state index in [9.17, 15) is 18.0 Å². The van der Waals surface area contributed by atoms with Crippen LogP contribution in [0.5, 0.6) is 17.2 Å². The first-order valence-corrected chi connectivity index (χ1v) is 9.10. The number of benzene rings is 2. The van der Waals surface area contributed by atoms with Gasteiger partial charge in [-0.3, -0.25) is 4.79 Å². The second-order valence-electron chi connectivity index (χ2n) is 5.96. The highest BCUT2D eigenvalue weighted by molar-refractivity contribution is 8.00. The SMILES string of the molecule is O=C1CSC(c2cccc3c2OCO3)N1Cc1ccc(OC(F)(F)F)cc1. The molecule has 0 aromatic heterocycles. The van der Waals surface area contributed by atoms with Crippen LogP contribution in [-0.4, -0.2) is 29.7 Å². The largest absolute Gasteiger partial charge is 0.573 e. The summed E-state index contributed by atoms with van der Waals surface area (Å²) in [6, 6.07) is 11.0. The van der Waals surface area contributed by atoms with Crippen molar-refractivity contribution in [3.63, 3.8) is 0 Å². The third-order valence-corrected chi connectivity index (χ3v) is 5.41. The number of carbonyl (C=O) groups excluding carboxylic acids is 1. The van der Waals surface area contributed by atoms with Gasteiger partial charge in [-0.1, -0.05) is 24.3 Å². The minimum atomic E-state index is -4.73. The van der Waals surface area contributed by atoms with Gasteiger partial charge in [0.2, 0.25) is 12.7 Å². The van der Waals surface area contributed by atoms with E-state index < -0.39 is 6.36 Å². The van der Waals surface area contributed by atoms with Gasteiger partial charge in [0.25, 0.3) is 0 Å². The molecule has 1 unspecified atom stereocenters. The van der Waals surface area contributed by atoms with E-state index in [1.54, 1.807) is 11.0 Å². The molecule has 5 nitrogen and oxygen atoms in total. The lowest BCUT2D eigenvalue weighted by atomic mass is 10.1. The van der Waals surface area contributed by atoms with Crippen LogP contribution in [0.4, 0.5) is 13.2 Å². The van der Waals surface area contributed by atoms with Crippen LogP contribution in [0.2, 0.25) is 0 Å². The summed E-state index contributed by atoms with van der Waals surface area (Å²) < 4.78 is 51.6. The van der Waals surface area contributed by atoms with E-state index in [1.165, 1.54) is 36.0 Å². The van der Waals surface area contributed by atoms with Crippen LogP contribution < -0.4 is 14.2 Å². The van der Waals surface area contributed by atoms with Gasteiger partial charge in [-0.05, 0) is 23.8 Å². The van der Waals surface area contributed by atoms with Crippen LogP contribution in [0.1, 0.15) is 16.5 Å². The zero-order chi connectivity index (χ0) is 19.0. The number of rotatable bonds is 4. The molecule has 0 bridgehead atoms. The predicted octanol–water partition coefficient (Wildman–Crippen LogP) is 4.09. The number of nitrogens with zero attached hydrogens (tertiary/aromatic N) is 1. The molecule has 4 rings (SSSR count). The van der Waals surface area contributed by atoms with Gasteiger partial charge in [0.1, 0.15) is 11.1 Å². The fourth-order valence-electron chi connectivity index (χ4n) is 3.02. The van der Waals surface area contributed by atoms with E-state index in [2.05, 4.69) is 4.74 Å². The lowest BCUT2D eigenvalue weighted by Gasteiger charge is -2.25. The first kappa shape index (κ1) is 17.8. The highest BCUT2D eigenvalue weighted by atomic mass is 32.2. The molecule has 0 spiro atoms. The molecule has 2 aliphatic heterocycles. The van der Waals surface area contributed by atoms with Gasteiger partial charge >= 0.3 is 6.36 Å². The summed E-state index contributed by atoms with van der Waals surface area (Å²) in [7, 11) is 0. The number of ether oxygens (including phenoxy) is 3. The summed E-state index contributed by atoms with van der Waals surface area (Å²) in [6.45, 7) is 0.408. The molecule has 0 saturated carbocycles. The molecule has 0 N–H and O–H groups in total. The van der Waals surface area contributed by atoms with Crippen LogP contribution in [0.3, 0.4) is 0 Å². The van der Waals surface area contributed by atoms with Crippen molar-refractivity contribution in [2.45, 2.75) is 18.3 Å². The number of thioether (sulfide) groups is 1. The van der Waals surface area contributed by atoms with Crippen molar-refractivity contribution in [3.05, 3.63) is 53.6 Å². The molecule has 2 aromatic rings. The number of fused-ring (bicyclic) bond motifs is 1. The molecular formula is C18H14F3NO4S. The van der Waals surface area contributed by atoms with Crippen molar-refractivity contribution in [3.8, 4) is 17.2 Å². The normalized spacial score (nSPS) is 18.9. The zero-order valence-corrected chi connectivity index (χ0v) is 14.7. The monoisotopic (exact) mass is 397 g/mol. The first-order chi connectivity index (χ1) is 12.9. The molecule has 1 saturated heterocycles. The maximum atomic E-state index is 12.4. The smallest absolute Gasteiger partial charge is 0.454 e. The Hall–Kier alpha value is -2.55. The number of alkyl halides is 3. The van der Waals surface area contributed by atoms with E-state index in [4.69, 9.17) is 9.47 Å². The molecule has 2 heterocycles. The molecule has 2 aliphatic rings. The summed E-state index contributed by atoms with van der Waals surface area (Å²) in [5.41, 5.74) is 1.55. The number of para-hydroxylation sites is 1. The third kappa shape index (κ3) is 3.78. The third-order valence-electron chi connectivity index (χ3n) is 4.17. The van der Waals surface area contributed by atoms with E-state index in [-0.39, 0.29) is 30.4 Å². The van der Waals surface area contributed by atoms with Gasteiger partial charge in [-0.25, -0.2) is 0 Å². The lowest BCUT2D eigenvalue weighted by Crippen LogP contribution is -2.27. The molecule has 0 aliphatic carbocycles. The van der Waals surface area contributed by atoms with Crippen LogP contribution in [0.15, 0.2) is 42.5 Å². The second-order valence-corrected chi connectivity index (χ2v) is 7.03. The summed E-state index contributed by atoms with van der Waals surface area (Å²) in [5.74, 6) is 1.25. The second kappa shape index (κ2) is 6.88. The fourth-order valence-corrected chi connectivity index (χ4v) is 4.23. The highest BCUT2D eigenvalue weighted by Crippen LogP contribution is 2.47. The van der Waals surface area contributed by atoms with Gasteiger partial charge in [0, 0.05) is 12.1 Å². The fraction of sp³-hybridized carbons (Fsp3) is 0.278. The number of hydrogen-bond acceptors (Lipinski definition) is 5. The van der Waals surface area contributed by atoms with Gasteiger partial charge in [-0.15, -0.1) is 24.9 Å². The summed E-state index contributed by atoms with van der Waals surface area (Å²) >= 11 is 1.48. The Balaban J connectivity index is 1.54. The van der Waals surface area contributed by atoms with Crippen LogP contribution in [-0.2, 0) is 11.3 Å². The zero-order valence-electron chi connectivity index (χ0n) is 13.9. The van der Waals surface area contributed by atoms with Crippen molar-refractivity contribution in [1.82, 2.24) is 4.90 Å². The quantitative estimate of drug-likeness (QED) is 0.778. The molecule has 27 heavy (non-hydrogen) atoms. The average molecular weight is 397 g/mol. The molecular weight excluding hydrogens is 383 g/mol. The number of carbonyl (C=O) groups is 1. The van der Waals surface area contributed by atoms with Crippen LogP contribution in [0.25, 0.3) is 0 Å². The summed E-state index contributed by atoms with van der Waals surface area (Å²) in [6.07, 6.45) is -4.73. The van der Waals surface area contributed by atoms with Gasteiger partial charge in [0.15, 0.2) is 11.5 Å². The topological polar surface area (TPSA) is 48.0 Å². The van der Waals surface area contributed by atoms with E-state index in [0.717, 1.165) is 5.56 Å². The standard InChI is InChI=1S/C18H14F3NO4S/c19-18(20,21)26-12-6-4-11(5-7-12)8-22-15(23)9-27-17(22)13-2-1-3-14-16(13)25-10-24-14/h1-7,17H,8-10H2. The Morgan fingerprint density at radius 3 is 2.67 bits per heavy atom. The minimum absolute atomic E-state index is 0.0443. The molecule has 1 amide bonds. The summed E-state index contributed by atoms with van der Waals surface area (Å²) in [4.78, 5) is 14.1. The molecule has 1 fully saturated rings. The average Bonchev–Trinajstić information content (AvgIpc) is 3.22. The van der Waals surface area contributed by atoms with Crippen molar-refractivity contribution >= 4 is 17.7 Å². The molecule has 1 atom stereocenters. The Kier molecular flexibility index (Phi) is 4.55. The molecule has 0 radical (unpaired) electrons. The van der Waals surface area contributed by atoms with Crippen molar-refractivity contribution < 1.29 is 32.2 Å². The lowest BCUT2D eigenvalue weighted by molar-refractivity contribution is -0.274. The van der Waals surface area contributed by atoms with E-state index in [0.29, 0.717) is 22.8 Å². The Morgan fingerprint density at radius 2 is 1.93 bits per heavy atom. The first-order valence-electron chi connectivity index (χ1n) is 8.05. The number of amides is 1. The number of halogens is 3. The highest BCUT2D eigenvalue weighted by Gasteiger charge is 2.36. The predicted molar refractivity (Wildman–Crippen MR) is 91.4 cm³/mol. The number of hydrogen-bond donors (Lipinski definition) is 0. The van der Waals surface area contributed by atoms with Crippen LogP contribution >= 0.6 is 11.8 Å². The van der Waals surface area contributed by atoms with Crippen molar-refractivity contribution in [2.24, 2.45) is 0 Å². The van der Waals surface area contributed by atoms with E-state index >= 15 is 0 Å². The maximum absolute atomic E-state index is 12.4. The molecule has 2 aromatic carbocycles. The Bertz CT molecular complexity index is 857. The summed E-state index contributed by atoms with van der Waals surface area (Å²) in [5, 5.41) is -0.250. The molecule has 142 valence electrons. The van der Waals surface area contributed by atoms with Gasteiger partial charge in [0.05, 0.1) is 5.75 Å². The van der Waals surface area contributed by atoms with Gasteiger partial charge in [-0.2, -0.15) is 0 Å². The van der Waals surface area contributed by atoms with Crippen LogP contribution in [0, 0.1) is 0 Å².